The van der Waals surface area contributed by atoms with E-state index in [9.17, 15) is 9.59 Å². The largest absolute Gasteiger partial charge is 0.493 e. The van der Waals surface area contributed by atoms with E-state index in [0.29, 0.717) is 44.1 Å². The van der Waals surface area contributed by atoms with Crippen molar-refractivity contribution >= 4 is 28.7 Å². The normalized spacial score (nSPS) is 14.4. The third-order valence-corrected chi connectivity index (χ3v) is 6.05. The SMILES string of the molecule is COC(=O)[C@H](Cc1ccccc1)NC(=O)N1CCN(c2ncnc3cc(OC)c(OC)cc23)CC1. The molecule has 1 N–H and O–H groups in total. The molecule has 2 amide bonds. The Kier molecular flexibility index (Phi) is 7.49. The maximum absolute atomic E-state index is 13.0. The van der Waals surface area contributed by atoms with Crippen LogP contribution < -0.4 is 19.7 Å². The van der Waals surface area contributed by atoms with Gasteiger partial charge in [-0.15, -0.1) is 0 Å². The summed E-state index contributed by atoms with van der Waals surface area (Å²) in [6.45, 7) is 2.11. The highest BCUT2D eigenvalue weighted by Crippen LogP contribution is 2.34. The molecule has 1 atom stereocenters. The molecule has 0 unspecified atom stereocenters. The first-order valence-corrected chi connectivity index (χ1v) is 11.3. The second kappa shape index (κ2) is 10.9. The highest BCUT2D eigenvalue weighted by atomic mass is 16.5. The molecule has 3 aromatic rings. The van der Waals surface area contributed by atoms with Gasteiger partial charge in [0.05, 0.1) is 26.8 Å². The Morgan fingerprint density at radius 2 is 1.66 bits per heavy atom. The monoisotopic (exact) mass is 479 g/mol. The van der Waals surface area contributed by atoms with Gasteiger partial charge in [-0.1, -0.05) is 30.3 Å². The van der Waals surface area contributed by atoms with Crippen LogP contribution >= 0.6 is 0 Å². The molecule has 4 rings (SSSR count). The van der Waals surface area contributed by atoms with Crippen molar-refractivity contribution < 1.29 is 23.8 Å². The lowest BCUT2D eigenvalue weighted by Gasteiger charge is -2.36. The summed E-state index contributed by atoms with van der Waals surface area (Å²) >= 11 is 0. The van der Waals surface area contributed by atoms with Gasteiger partial charge in [0.1, 0.15) is 18.2 Å². The number of aromatic nitrogens is 2. The average Bonchev–Trinajstić information content (AvgIpc) is 2.91. The van der Waals surface area contributed by atoms with Crippen LogP contribution in [0.1, 0.15) is 5.56 Å². The van der Waals surface area contributed by atoms with Gasteiger partial charge in [-0.25, -0.2) is 19.6 Å². The lowest BCUT2D eigenvalue weighted by molar-refractivity contribution is -0.142. The molecule has 2 aromatic carbocycles. The Bertz CT molecular complexity index is 1180. The highest BCUT2D eigenvalue weighted by Gasteiger charge is 2.28. The Labute approximate surface area is 203 Å². The van der Waals surface area contributed by atoms with Gasteiger partial charge < -0.3 is 29.3 Å². The molecule has 10 heteroatoms. The summed E-state index contributed by atoms with van der Waals surface area (Å²) in [4.78, 5) is 37.9. The standard InChI is InChI=1S/C25H29N5O5/c1-33-21-14-18-19(15-22(21)34-2)26-16-27-23(18)29-9-11-30(12-10-29)25(32)28-20(24(31)35-3)13-17-7-5-4-6-8-17/h4-8,14-16,20H,9-13H2,1-3H3,(H,28,32)/t20-/m0/s1. The molecule has 2 heterocycles. The Hall–Kier alpha value is -4.08. The minimum Gasteiger partial charge on any atom is -0.493 e. The third-order valence-electron chi connectivity index (χ3n) is 6.05. The van der Waals surface area contributed by atoms with Crippen LogP contribution in [0.2, 0.25) is 0 Å². The molecule has 184 valence electrons. The fourth-order valence-corrected chi connectivity index (χ4v) is 4.17. The maximum atomic E-state index is 13.0. The number of piperazine rings is 1. The number of anilines is 1. The maximum Gasteiger partial charge on any atom is 0.328 e. The fraction of sp³-hybridized carbons (Fsp3) is 0.360. The number of hydrogen-bond acceptors (Lipinski definition) is 8. The van der Waals surface area contributed by atoms with Gasteiger partial charge >= 0.3 is 12.0 Å². The van der Waals surface area contributed by atoms with Gasteiger partial charge in [-0.3, -0.25) is 0 Å². The Morgan fingerprint density at radius 3 is 2.31 bits per heavy atom. The van der Waals surface area contributed by atoms with Crippen LogP contribution in [0.4, 0.5) is 10.6 Å². The molecule has 0 aliphatic carbocycles. The lowest BCUT2D eigenvalue weighted by atomic mass is 10.1. The van der Waals surface area contributed by atoms with Crippen molar-refractivity contribution in [2.24, 2.45) is 0 Å². The van der Waals surface area contributed by atoms with Crippen molar-refractivity contribution in [1.29, 1.82) is 0 Å². The lowest BCUT2D eigenvalue weighted by Crippen LogP contribution is -2.55. The van der Waals surface area contributed by atoms with E-state index in [0.717, 1.165) is 22.3 Å². The summed E-state index contributed by atoms with van der Waals surface area (Å²) in [7, 11) is 4.49. The Balaban J connectivity index is 1.44. The van der Waals surface area contributed by atoms with Gasteiger partial charge in [0.15, 0.2) is 11.5 Å². The predicted octanol–water partition coefficient (Wildman–Crippen LogP) is 2.26. The number of nitrogens with zero attached hydrogens (tertiary/aromatic N) is 4. The molecule has 1 saturated heterocycles. The number of ether oxygens (including phenoxy) is 3. The zero-order valence-electron chi connectivity index (χ0n) is 20.1. The van der Waals surface area contributed by atoms with Crippen LogP contribution in [0, 0.1) is 0 Å². The van der Waals surface area contributed by atoms with Crippen LogP contribution in [0.15, 0.2) is 48.8 Å². The summed E-state index contributed by atoms with van der Waals surface area (Å²) in [6, 6.07) is 12.2. The van der Waals surface area contributed by atoms with Crippen LogP contribution in [-0.2, 0) is 16.0 Å². The number of carbonyl (C=O) groups is 2. The molecular weight excluding hydrogens is 450 g/mol. The van der Waals surface area contributed by atoms with Crippen molar-refractivity contribution in [3.63, 3.8) is 0 Å². The van der Waals surface area contributed by atoms with Crippen molar-refractivity contribution in [2.45, 2.75) is 12.5 Å². The van der Waals surface area contributed by atoms with Crippen molar-refractivity contribution in [3.05, 3.63) is 54.4 Å². The topological polar surface area (TPSA) is 106 Å². The number of hydrogen-bond donors (Lipinski definition) is 1. The van der Waals surface area contributed by atoms with Crippen molar-refractivity contribution in [2.75, 3.05) is 52.4 Å². The fourth-order valence-electron chi connectivity index (χ4n) is 4.17. The van der Waals surface area contributed by atoms with Crippen LogP contribution in [0.25, 0.3) is 10.9 Å². The van der Waals surface area contributed by atoms with Gasteiger partial charge in [0.2, 0.25) is 0 Å². The number of carbonyl (C=O) groups excluding carboxylic acids is 2. The summed E-state index contributed by atoms with van der Waals surface area (Å²) in [5.41, 5.74) is 1.69. The number of benzene rings is 2. The van der Waals surface area contributed by atoms with Crippen LogP contribution in [-0.4, -0.2) is 80.4 Å². The van der Waals surface area contributed by atoms with Crippen molar-refractivity contribution in [1.82, 2.24) is 20.2 Å². The van der Waals surface area contributed by atoms with E-state index in [-0.39, 0.29) is 6.03 Å². The molecule has 1 aromatic heterocycles. The number of urea groups is 1. The quantitative estimate of drug-likeness (QED) is 0.515. The van der Waals surface area contributed by atoms with E-state index in [4.69, 9.17) is 14.2 Å². The summed E-state index contributed by atoms with van der Waals surface area (Å²) in [5.74, 6) is 1.49. The zero-order valence-corrected chi connectivity index (χ0v) is 20.1. The summed E-state index contributed by atoms with van der Waals surface area (Å²) in [5, 5.41) is 3.68. The first-order valence-electron chi connectivity index (χ1n) is 11.3. The van der Waals surface area contributed by atoms with Crippen molar-refractivity contribution in [3.8, 4) is 11.5 Å². The second-order valence-electron chi connectivity index (χ2n) is 8.11. The molecule has 1 aliphatic rings. The van der Waals surface area contributed by atoms with Gasteiger partial charge in [0, 0.05) is 44.1 Å². The van der Waals surface area contributed by atoms with E-state index in [1.807, 2.05) is 42.5 Å². The summed E-state index contributed by atoms with van der Waals surface area (Å²) < 4.78 is 15.7. The highest BCUT2D eigenvalue weighted by molar-refractivity contribution is 5.92. The number of nitrogens with one attached hydrogen (secondary N) is 1. The van der Waals surface area contributed by atoms with E-state index in [1.54, 1.807) is 19.1 Å². The molecule has 0 spiro atoms. The molecule has 0 radical (unpaired) electrons. The van der Waals surface area contributed by atoms with E-state index in [1.165, 1.54) is 13.4 Å². The number of esters is 1. The number of fused-ring (bicyclic) bond motifs is 1. The van der Waals surface area contributed by atoms with E-state index < -0.39 is 12.0 Å². The predicted molar refractivity (Wildman–Crippen MR) is 131 cm³/mol. The Morgan fingerprint density at radius 1 is 0.971 bits per heavy atom. The molecular formula is C25H29N5O5. The van der Waals surface area contributed by atoms with Gasteiger partial charge in [-0.05, 0) is 11.6 Å². The minimum atomic E-state index is -0.763. The first-order chi connectivity index (χ1) is 17.0. The van der Waals surface area contributed by atoms with E-state index >= 15 is 0 Å². The second-order valence-corrected chi connectivity index (χ2v) is 8.11. The average molecular weight is 480 g/mol. The first kappa shape index (κ1) is 24.1. The zero-order chi connectivity index (χ0) is 24.8. The summed E-state index contributed by atoms with van der Waals surface area (Å²) in [6.07, 6.45) is 1.88. The molecule has 35 heavy (non-hydrogen) atoms. The molecule has 1 fully saturated rings. The number of rotatable bonds is 7. The van der Waals surface area contributed by atoms with Gasteiger partial charge in [0.25, 0.3) is 0 Å². The van der Waals surface area contributed by atoms with Crippen LogP contribution in [0.3, 0.4) is 0 Å². The van der Waals surface area contributed by atoms with Crippen LogP contribution in [0.5, 0.6) is 11.5 Å². The number of amides is 2. The minimum absolute atomic E-state index is 0.296. The molecule has 10 nitrogen and oxygen atoms in total. The molecule has 1 aliphatic heterocycles. The van der Waals surface area contributed by atoms with Gasteiger partial charge in [-0.2, -0.15) is 0 Å². The number of methoxy groups -OCH3 is 3. The molecule has 0 saturated carbocycles. The smallest absolute Gasteiger partial charge is 0.328 e. The molecule has 0 bridgehead atoms. The third kappa shape index (κ3) is 5.37. The van der Waals surface area contributed by atoms with E-state index in [2.05, 4.69) is 20.2 Å².